The highest BCUT2D eigenvalue weighted by Gasteiger charge is 2.59. The van der Waals surface area contributed by atoms with Gasteiger partial charge in [0.25, 0.3) is 0 Å². The number of ketones is 2. The molecule has 0 radical (unpaired) electrons. The van der Waals surface area contributed by atoms with E-state index < -0.39 is 53.2 Å². The number of aromatic nitrogens is 3. The van der Waals surface area contributed by atoms with E-state index >= 15 is 0 Å². The summed E-state index contributed by atoms with van der Waals surface area (Å²) in [7, 11) is 1.57. The number of Topliss-reactive ketones (excluding diaryl/α,β-unsaturated/α-hetero) is 2. The smallest absolute Gasteiger partial charge is 0.410 e. The fraction of sp³-hybridized carbons (Fsp3) is 0.632. The van der Waals surface area contributed by atoms with Gasteiger partial charge in [0.2, 0.25) is 0 Å². The molecule has 2 saturated heterocycles. The third-order valence-corrected chi connectivity index (χ3v) is 10.0. The van der Waals surface area contributed by atoms with Crippen LogP contribution in [0.2, 0.25) is 0 Å². The van der Waals surface area contributed by atoms with Crippen LogP contribution in [0.25, 0.3) is 11.3 Å². The summed E-state index contributed by atoms with van der Waals surface area (Å²) in [6, 6.07) is 3.15. The molecule has 0 bridgehead atoms. The van der Waals surface area contributed by atoms with Crippen LogP contribution < -0.4 is 0 Å². The van der Waals surface area contributed by atoms with Crippen molar-refractivity contribution in [3.8, 4) is 23.1 Å². The number of methoxy groups -OCH3 is 1. The Morgan fingerprint density at radius 3 is 2.37 bits per heavy atom. The zero-order valence-corrected chi connectivity index (χ0v) is 30.7. The Balaban J connectivity index is 0.00000154. The number of pyridine rings is 1. The van der Waals surface area contributed by atoms with Gasteiger partial charge in [0.05, 0.1) is 23.7 Å². The van der Waals surface area contributed by atoms with Gasteiger partial charge in [-0.15, -0.1) is 11.8 Å². The van der Waals surface area contributed by atoms with E-state index in [9.17, 15) is 19.2 Å². The van der Waals surface area contributed by atoms with Crippen molar-refractivity contribution in [1.82, 2.24) is 19.4 Å². The minimum Gasteiger partial charge on any atom is -0.458 e. The fourth-order valence-electron chi connectivity index (χ4n) is 6.93. The minimum atomic E-state index is -1.29. The van der Waals surface area contributed by atoms with E-state index in [1.807, 2.05) is 64.4 Å². The number of carbonyl (C=O) groups is 4. The quantitative estimate of drug-likeness (QED) is 0.137. The SMILES string of the molecule is CC#CC.CC[C@H]1OC(=O)C(C)C(=O)CC[C@](C)(OC)C[C@@H](C)C(=O)C(C)C2N(CCCCn3cnc(-c4cccnc4)c3)C(=O)O[C@@]21C. The molecule has 0 spiro atoms. The molecule has 11 nitrogen and oxygen atoms in total. The van der Waals surface area contributed by atoms with Crippen molar-refractivity contribution in [2.45, 2.75) is 124 Å². The van der Waals surface area contributed by atoms with Crippen LogP contribution in [-0.4, -0.2) is 80.1 Å². The molecule has 2 aliphatic rings. The van der Waals surface area contributed by atoms with Crippen molar-refractivity contribution in [3.05, 3.63) is 37.1 Å². The van der Waals surface area contributed by atoms with Gasteiger partial charge in [0.15, 0.2) is 5.60 Å². The molecule has 49 heavy (non-hydrogen) atoms. The second-order valence-corrected chi connectivity index (χ2v) is 13.6. The predicted molar refractivity (Wildman–Crippen MR) is 186 cm³/mol. The van der Waals surface area contributed by atoms with E-state index in [1.165, 1.54) is 0 Å². The monoisotopic (exact) mass is 678 g/mol. The summed E-state index contributed by atoms with van der Waals surface area (Å²) >= 11 is 0. The second kappa shape index (κ2) is 17.6. The average Bonchev–Trinajstić information content (AvgIpc) is 3.68. The number of nitrogens with zero attached hydrogens (tertiary/aromatic N) is 4. The molecule has 2 fully saturated rings. The van der Waals surface area contributed by atoms with Gasteiger partial charge >= 0.3 is 12.1 Å². The van der Waals surface area contributed by atoms with Crippen molar-refractivity contribution in [2.75, 3.05) is 13.7 Å². The topological polar surface area (TPSA) is 130 Å². The summed E-state index contributed by atoms with van der Waals surface area (Å²) in [6.45, 7) is 15.4. The van der Waals surface area contributed by atoms with Gasteiger partial charge in [0, 0.05) is 62.6 Å². The maximum Gasteiger partial charge on any atom is 0.410 e. The molecule has 3 unspecified atom stereocenters. The number of hydrogen-bond acceptors (Lipinski definition) is 9. The number of cyclic esters (lactones) is 1. The highest BCUT2D eigenvalue weighted by molar-refractivity contribution is 5.98. The number of fused-ring (bicyclic) bond motifs is 1. The maximum atomic E-state index is 14.0. The molecule has 11 heteroatoms. The number of rotatable bonds is 8. The molecule has 0 saturated carbocycles. The van der Waals surface area contributed by atoms with Crippen LogP contribution in [0.5, 0.6) is 0 Å². The number of esters is 1. The lowest BCUT2D eigenvalue weighted by Crippen LogP contribution is -2.57. The Morgan fingerprint density at radius 1 is 1.06 bits per heavy atom. The van der Waals surface area contributed by atoms with Crippen LogP contribution >= 0.6 is 0 Å². The number of hydrogen-bond donors (Lipinski definition) is 0. The van der Waals surface area contributed by atoms with Crippen LogP contribution in [0.15, 0.2) is 37.1 Å². The van der Waals surface area contributed by atoms with E-state index in [2.05, 4.69) is 21.8 Å². The Labute approximate surface area is 291 Å². The van der Waals surface area contributed by atoms with E-state index in [1.54, 1.807) is 44.6 Å². The molecule has 0 aromatic carbocycles. The first-order valence-electron chi connectivity index (χ1n) is 17.3. The third kappa shape index (κ3) is 9.56. The summed E-state index contributed by atoms with van der Waals surface area (Å²) in [5.74, 6) is 2.44. The number of unbranched alkanes of at least 4 members (excludes halogenated alkanes) is 1. The van der Waals surface area contributed by atoms with Gasteiger partial charge in [0.1, 0.15) is 23.6 Å². The normalized spacial score (nSPS) is 29.4. The molecule has 2 aliphatic heterocycles. The van der Waals surface area contributed by atoms with Gasteiger partial charge in [-0.05, 0) is 78.9 Å². The zero-order valence-electron chi connectivity index (χ0n) is 30.7. The molecule has 0 aliphatic carbocycles. The molecule has 2 aromatic rings. The van der Waals surface area contributed by atoms with Crippen LogP contribution in [-0.2, 0) is 35.1 Å². The van der Waals surface area contributed by atoms with Crippen molar-refractivity contribution in [2.24, 2.45) is 17.8 Å². The first-order chi connectivity index (χ1) is 23.2. The van der Waals surface area contributed by atoms with Gasteiger partial charge in [-0.3, -0.25) is 19.4 Å². The van der Waals surface area contributed by atoms with Crippen molar-refractivity contribution < 1.29 is 33.4 Å². The minimum absolute atomic E-state index is 0.0305. The van der Waals surface area contributed by atoms with Crippen LogP contribution in [0.3, 0.4) is 0 Å². The third-order valence-electron chi connectivity index (χ3n) is 10.0. The van der Waals surface area contributed by atoms with Crippen molar-refractivity contribution in [3.63, 3.8) is 0 Å². The fourth-order valence-corrected chi connectivity index (χ4v) is 6.93. The lowest BCUT2D eigenvalue weighted by Gasteiger charge is -2.41. The molecular weight excluding hydrogens is 624 g/mol. The summed E-state index contributed by atoms with van der Waals surface area (Å²) in [4.78, 5) is 64.0. The first-order valence-corrected chi connectivity index (χ1v) is 17.3. The molecule has 268 valence electrons. The number of ether oxygens (including phenoxy) is 3. The zero-order chi connectivity index (χ0) is 36.4. The number of aryl methyl sites for hydroxylation is 1. The van der Waals surface area contributed by atoms with Gasteiger partial charge < -0.3 is 23.7 Å². The Bertz CT molecular complexity index is 1490. The Kier molecular flexibility index (Phi) is 14.1. The Morgan fingerprint density at radius 2 is 1.76 bits per heavy atom. The molecule has 2 aromatic heterocycles. The predicted octanol–water partition coefficient (Wildman–Crippen LogP) is 6.29. The first kappa shape index (κ1) is 39.4. The van der Waals surface area contributed by atoms with Gasteiger partial charge in [-0.1, -0.05) is 20.8 Å². The summed E-state index contributed by atoms with van der Waals surface area (Å²) in [5, 5.41) is 0. The molecule has 4 heterocycles. The molecule has 1 amide bonds. The number of carbonyl (C=O) groups excluding carboxylic acids is 4. The summed E-state index contributed by atoms with van der Waals surface area (Å²) in [6.07, 6.45) is 8.52. The lowest BCUT2D eigenvalue weighted by atomic mass is 9.75. The molecule has 7 atom stereocenters. The number of amides is 1. The van der Waals surface area contributed by atoms with Crippen LogP contribution in [0.1, 0.15) is 93.9 Å². The van der Waals surface area contributed by atoms with Crippen LogP contribution in [0.4, 0.5) is 4.79 Å². The Hall–Kier alpha value is -4.04. The standard InChI is InChI=1S/C34H48N4O7.C4H6/c1-8-28-34(6)30(24(4)29(40)22(2)18-33(5,43-7)14-13-27(39)23(3)31(41)44-28)38(32(42)45-34)17-10-9-16-37-20-26(36-21-37)25-12-11-15-35-19-25;1-3-4-2/h11-12,15,19-24,28,30H,8-10,13-14,16-18H2,1-7H3;1-2H3/t22-,23?,24?,28-,30?,33+,34-;/m1./s1. The lowest BCUT2D eigenvalue weighted by molar-refractivity contribution is -0.171. The largest absolute Gasteiger partial charge is 0.458 e. The van der Waals surface area contributed by atoms with E-state index in [0.717, 1.165) is 17.7 Å². The number of imidazole rings is 1. The van der Waals surface area contributed by atoms with Gasteiger partial charge in [-0.25, -0.2) is 9.78 Å². The average molecular weight is 679 g/mol. The molecular formula is C38H54N4O7. The van der Waals surface area contributed by atoms with Crippen molar-refractivity contribution in [1.29, 1.82) is 0 Å². The molecule has 0 N–H and O–H groups in total. The second-order valence-electron chi connectivity index (χ2n) is 13.6. The van der Waals surface area contributed by atoms with E-state index in [0.29, 0.717) is 38.8 Å². The van der Waals surface area contributed by atoms with E-state index in [-0.39, 0.29) is 18.0 Å². The van der Waals surface area contributed by atoms with E-state index in [4.69, 9.17) is 14.2 Å². The highest BCUT2D eigenvalue weighted by atomic mass is 16.6. The van der Waals surface area contributed by atoms with Gasteiger partial charge in [-0.2, -0.15) is 0 Å². The summed E-state index contributed by atoms with van der Waals surface area (Å²) < 4.78 is 19.8. The van der Waals surface area contributed by atoms with Crippen LogP contribution in [0, 0.1) is 29.6 Å². The highest BCUT2D eigenvalue weighted by Crippen LogP contribution is 2.42. The maximum absolute atomic E-state index is 14.0. The summed E-state index contributed by atoms with van der Waals surface area (Å²) in [5.41, 5.74) is -0.257. The van der Waals surface area contributed by atoms with Crippen molar-refractivity contribution >= 4 is 23.6 Å². The molecule has 4 rings (SSSR count).